The number of hydrogen-bond donors (Lipinski definition) is 1. The number of rotatable bonds is 5. The Bertz CT molecular complexity index is 415. The van der Waals surface area contributed by atoms with Crippen LogP contribution in [0.25, 0.3) is 0 Å². The smallest absolute Gasteiger partial charge is 0.0826 e. The number of nitrogens with one attached hydrogen (secondary N) is 1. The normalized spacial score (nSPS) is 21.8. The lowest BCUT2D eigenvalue weighted by molar-refractivity contribution is -0.0192. The number of benzene rings is 1. The number of likely N-dealkylation sites (N-methyl/N-ethyl adjacent to an activating group) is 1. The van der Waals surface area contributed by atoms with E-state index in [0.717, 1.165) is 31.8 Å². The number of nitrogens with zero attached hydrogens (tertiary/aromatic N) is 2. The summed E-state index contributed by atoms with van der Waals surface area (Å²) in [5.41, 5.74) is 1.16. The average Bonchev–Trinajstić information content (AvgIpc) is 2.44. The Morgan fingerprint density at radius 3 is 2.95 bits per heavy atom. The molecule has 1 fully saturated rings. The Balaban J connectivity index is 1.89. The maximum Gasteiger partial charge on any atom is 0.0826 e. The van der Waals surface area contributed by atoms with E-state index in [9.17, 15) is 0 Å². The van der Waals surface area contributed by atoms with E-state index in [1.165, 1.54) is 0 Å². The van der Waals surface area contributed by atoms with Crippen LogP contribution in [0.2, 0.25) is 0 Å². The van der Waals surface area contributed by atoms with Crippen molar-refractivity contribution in [1.82, 2.24) is 10.2 Å². The fourth-order valence-electron chi connectivity index (χ4n) is 2.35. The zero-order valence-electron chi connectivity index (χ0n) is 11.4. The summed E-state index contributed by atoms with van der Waals surface area (Å²) in [7, 11) is 2.11. The SMILES string of the molecule is CN1CCOC(CNC(CC#N)c2ccccc2)C1. The minimum Gasteiger partial charge on any atom is -0.374 e. The number of ether oxygens (including phenoxy) is 1. The summed E-state index contributed by atoms with van der Waals surface area (Å²) in [6, 6.07) is 12.5. The third-order valence-corrected chi connectivity index (χ3v) is 3.43. The van der Waals surface area contributed by atoms with E-state index in [1.54, 1.807) is 0 Å². The Labute approximate surface area is 115 Å². The van der Waals surface area contributed by atoms with Gasteiger partial charge in [0.25, 0.3) is 0 Å². The third kappa shape index (κ3) is 4.32. The molecule has 0 radical (unpaired) electrons. The van der Waals surface area contributed by atoms with Crippen LogP contribution in [0.3, 0.4) is 0 Å². The van der Waals surface area contributed by atoms with Gasteiger partial charge < -0.3 is 15.0 Å². The van der Waals surface area contributed by atoms with Crippen LogP contribution in [0, 0.1) is 11.3 Å². The van der Waals surface area contributed by atoms with E-state index in [2.05, 4.69) is 35.5 Å². The maximum atomic E-state index is 8.95. The van der Waals surface area contributed by atoms with E-state index in [1.807, 2.05) is 18.2 Å². The Morgan fingerprint density at radius 1 is 1.47 bits per heavy atom. The van der Waals surface area contributed by atoms with Gasteiger partial charge in [0.05, 0.1) is 25.2 Å². The van der Waals surface area contributed by atoms with Gasteiger partial charge in [-0.3, -0.25) is 0 Å². The monoisotopic (exact) mass is 259 g/mol. The molecule has 0 spiro atoms. The lowest BCUT2D eigenvalue weighted by Crippen LogP contribution is -2.45. The van der Waals surface area contributed by atoms with Gasteiger partial charge in [0, 0.05) is 25.7 Å². The minimum atomic E-state index is 0.0852. The molecular formula is C15H21N3O. The van der Waals surface area contributed by atoms with Crippen molar-refractivity contribution < 1.29 is 4.74 Å². The quantitative estimate of drug-likeness (QED) is 0.872. The summed E-state index contributed by atoms with van der Waals surface area (Å²) < 4.78 is 5.73. The van der Waals surface area contributed by atoms with E-state index in [4.69, 9.17) is 10.00 Å². The van der Waals surface area contributed by atoms with Gasteiger partial charge >= 0.3 is 0 Å². The van der Waals surface area contributed by atoms with Crippen LogP contribution in [0.15, 0.2) is 30.3 Å². The summed E-state index contributed by atoms with van der Waals surface area (Å²) in [5.74, 6) is 0. The molecule has 19 heavy (non-hydrogen) atoms. The Hall–Kier alpha value is -1.41. The summed E-state index contributed by atoms with van der Waals surface area (Å²) in [6.07, 6.45) is 0.690. The van der Waals surface area contributed by atoms with Gasteiger partial charge in [-0.15, -0.1) is 0 Å². The van der Waals surface area contributed by atoms with Gasteiger partial charge in [0.2, 0.25) is 0 Å². The van der Waals surface area contributed by atoms with Gasteiger partial charge in [0.1, 0.15) is 0 Å². The summed E-state index contributed by atoms with van der Waals surface area (Å²) >= 11 is 0. The van der Waals surface area contributed by atoms with Gasteiger partial charge in [-0.2, -0.15) is 5.26 Å². The topological polar surface area (TPSA) is 48.3 Å². The molecule has 2 rings (SSSR count). The van der Waals surface area contributed by atoms with E-state index in [0.29, 0.717) is 6.42 Å². The predicted octanol–water partition coefficient (Wildman–Crippen LogP) is 1.56. The molecule has 2 atom stereocenters. The first-order chi connectivity index (χ1) is 9.29. The average molecular weight is 259 g/mol. The Kier molecular flexibility index (Phi) is 5.34. The van der Waals surface area contributed by atoms with Crippen LogP contribution >= 0.6 is 0 Å². The highest BCUT2D eigenvalue weighted by atomic mass is 16.5. The van der Waals surface area contributed by atoms with Gasteiger partial charge in [-0.25, -0.2) is 0 Å². The zero-order chi connectivity index (χ0) is 13.5. The molecule has 1 heterocycles. The van der Waals surface area contributed by atoms with E-state index in [-0.39, 0.29) is 12.1 Å². The number of hydrogen-bond acceptors (Lipinski definition) is 4. The van der Waals surface area contributed by atoms with Crippen LogP contribution in [0.5, 0.6) is 0 Å². The molecule has 1 aromatic carbocycles. The Morgan fingerprint density at radius 2 is 2.26 bits per heavy atom. The molecule has 0 amide bonds. The van der Waals surface area contributed by atoms with Crippen LogP contribution in [0.1, 0.15) is 18.0 Å². The third-order valence-electron chi connectivity index (χ3n) is 3.43. The van der Waals surface area contributed by atoms with Gasteiger partial charge in [0.15, 0.2) is 0 Å². The van der Waals surface area contributed by atoms with E-state index >= 15 is 0 Å². The molecular weight excluding hydrogens is 238 g/mol. The number of nitriles is 1. The predicted molar refractivity (Wildman–Crippen MR) is 74.7 cm³/mol. The highest BCUT2D eigenvalue weighted by Crippen LogP contribution is 2.16. The van der Waals surface area contributed by atoms with Crippen LogP contribution in [-0.2, 0) is 4.74 Å². The fraction of sp³-hybridized carbons (Fsp3) is 0.533. The molecule has 1 N–H and O–H groups in total. The van der Waals surface area contributed by atoms with Crippen molar-refractivity contribution >= 4 is 0 Å². The lowest BCUT2D eigenvalue weighted by atomic mass is 10.0. The zero-order valence-corrected chi connectivity index (χ0v) is 11.4. The molecule has 1 aliphatic heterocycles. The van der Waals surface area contributed by atoms with Crippen molar-refractivity contribution in [3.8, 4) is 6.07 Å². The van der Waals surface area contributed by atoms with Crippen molar-refractivity contribution in [1.29, 1.82) is 5.26 Å². The first kappa shape index (κ1) is 14.0. The largest absolute Gasteiger partial charge is 0.374 e. The molecule has 0 bridgehead atoms. The second kappa shape index (κ2) is 7.25. The number of morpholine rings is 1. The highest BCUT2D eigenvalue weighted by molar-refractivity contribution is 5.19. The molecule has 102 valence electrons. The molecule has 0 saturated carbocycles. The molecule has 0 aliphatic carbocycles. The molecule has 4 nitrogen and oxygen atoms in total. The van der Waals surface area contributed by atoms with Crippen molar-refractivity contribution in [2.24, 2.45) is 0 Å². The molecule has 4 heteroatoms. The molecule has 1 aromatic rings. The lowest BCUT2D eigenvalue weighted by Gasteiger charge is -2.31. The van der Waals surface area contributed by atoms with E-state index < -0.39 is 0 Å². The standard InChI is InChI=1S/C15H21N3O/c1-18-9-10-19-14(12-18)11-17-15(7-8-16)13-5-3-2-4-6-13/h2-6,14-15,17H,7,9-12H2,1H3. The fourth-order valence-corrected chi connectivity index (χ4v) is 2.35. The summed E-state index contributed by atoms with van der Waals surface area (Å²) in [4.78, 5) is 2.28. The second-order valence-electron chi connectivity index (χ2n) is 4.99. The van der Waals surface area contributed by atoms with Crippen molar-refractivity contribution in [2.45, 2.75) is 18.6 Å². The molecule has 2 unspecified atom stereocenters. The first-order valence-electron chi connectivity index (χ1n) is 6.75. The van der Waals surface area contributed by atoms with Crippen LogP contribution in [0.4, 0.5) is 0 Å². The summed E-state index contributed by atoms with van der Waals surface area (Å²) in [5, 5.41) is 12.4. The van der Waals surface area contributed by atoms with Crippen molar-refractivity contribution in [3.05, 3.63) is 35.9 Å². The van der Waals surface area contributed by atoms with Crippen molar-refractivity contribution in [2.75, 3.05) is 33.3 Å². The van der Waals surface area contributed by atoms with Gasteiger partial charge in [-0.05, 0) is 12.6 Å². The van der Waals surface area contributed by atoms with Gasteiger partial charge in [-0.1, -0.05) is 30.3 Å². The summed E-state index contributed by atoms with van der Waals surface area (Å²) in [6.45, 7) is 3.51. The van der Waals surface area contributed by atoms with Crippen LogP contribution in [-0.4, -0.2) is 44.3 Å². The maximum absolute atomic E-state index is 8.95. The van der Waals surface area contributed by atoms with Crippen LogP contribution < -0.4 is 5.32 Å². The second-order valence-corrected chi connectivity index (χ2v) is 4.99. The minimum absolute atomic E-state index is 0.0852. The molecule has 1 saturated heterocycles. The van der Waals surface area contributed by atoms with Crippen molar-refractivity contribution in [3.63, 3.8) is 0 Å². The first-order valence-corrected chi connectivity index (χ1v) is 6.75. The molecule has 1 aliphatic rings. The molecule has 0 aromatic heterocycles. The highest BCUT2D eigenvalue weighted by Gasteiger charge is 2.19.